The maximum absolute atomic E-state index is 11.8. The molecule has 0 aliphatic rings. The zero-order valence-electron chi connectivity index (χ0n) is 12.5. The molecule has 2 atom stereocenters. The predicted molar refractivity (Wildman–Crippen MR) is 80.6 cm³/mol. The third kappa shape index (κ3) is 5.30. The Hall–Kier alpha value is -2.04. The van der Waals surface area contributed by atoms with Crippen molar-refractivity contribution in [2.45, 2.75) is 46.2 Å². The Morgan fingerprint density at radius 2 is 1.90 bits per heavy atom. The van der Waals surface area contributed by atoms with E-state index < -0.39 is 0 Å². The van der Waals surface area contributed by atoms with Crippen LogP contribution in [0.2, 0.25) is 0 Å². The first-order valence-electron chi connectivity index (χ1n) is 6.87. The van der Waals surface area contributed by atoms with Crippen molar-refractivity contribution in [3.05, 3.63) is 29.8 Å². The van der Waals surface area contributed by atoms with Crippen molar-refractivity contribution in [1.29, 1.82) is 0 Å². The van der Waals surface area contributed by atoms with Crippen LogP contribution < -0.4 is 16.0 Å². The summed E-state index contributed by atoms with van der Waals surface area (Å²) in [6.45, 7) is 7.35. The zero-order valence-corrected chi connectivity index (χ0v) is 12.5. The molecule has 5 heteroatoms. The van der Waals surface area contributed by atoms with E-state index in [2.05, 4.69) is 16.0 Å². The molecule has 0 saturated carbocycles. The van der Waals surface area contributed by atoms with Gasteiger partial charge in [0.25, 0.3) is 0 Å². The topological polar surface area (TPSA) is 70.2 Å². The van der Waals surface area contributed by atoms with E-state index in [-0.39, 0.29) is 24.0 Å². The lowest BCUT2D eigenvalue weighted by Gasteiger charge is -2.18. The Bertz CT molecular complexity index is 474. The van der Waals surface area contributed by atoms with Crippen molar-refractivity contribution in [3.8, 4) is 0 Å². The fourth-order valence-electron chi connectivity index (χ4n) is 1.74. The maximum Gasteiger partial charge on any atom is 0.315 e. The highest BCUT2D eigenvalue weighted by molar-refractivity contribution is 5.88. The molecule has 0 aromatic heterocycles. The lowest BCUT2D eigenvalue weighted by atomic mass is 10.1. The monoisotopic (exact) mass is 277 g/mol. The molecule has 110 valence electrons. The number of benzene rings is 1. The maximum atomic E-state index is 11.8. The molecule has 0 spiro atoms. The van der Waals surface area contributed by atoms with Crippen molar-refractivity contribution in [2.75, 3.05) is 5.32 Å². The summed E-state index contributed by atoms with van der Waals surface area (Å²) in [5, 5.41) is 8.46. The van der Waals surface area contributed by atoms with Crippen LogP contribution in [0.15, 0.2) is 24.3 Å². The van der Waals surface area contributed by atoms with E-state index in [9.17, 15) is 9.59 Å². The molecular formula is C15H23N3O2. The highest BCUT2D eigenvalue weighted by Crippen LogP contribution is 2.17. The second kappa shape index (κ2) is 7.53. The van der Waals surface area contributed by atoms with E-state index in [0.717, 1.165) is 17.7 Å². The first-order chi connectivity index (χ1) is 9.42. The van der Waals surface area contributed by atoms with Gasteiger partial charge in [-0.2, -0.15) is 0 Å². The summed E-state index contributed by atoms with van der Waals surface area (Å²) in [6.07, 6.45) is 0.889. The SMILES string of the molecule is CCC(C)NC(=O)NC(C)c1cccc(NC(C)=O)c1. The van der Waals surface area contributed by atoms with Gasteiger partial charge < -0.3 is 16.0 Å². The molecule has 20 heavy (non-hydrogen) atoms. The van der Waals surface area contributed by atoms with Crippen LogP contribution in [0.5, 0.6) is 0 Å². The highest BCUT2D eigenvalue weighted by atomic mass is 16.2. The standard InChI is InChI=1S/C15H23N3O2/c1-5-10(2)16-15(20)17-11(3)13-7-6-8-14(9-13)18-12(4)19/h6-11H,5H2,1-4H3,(H,18,19)(H2,16,17,20). The van der Waals surface area contributed by atoms with E-state index >= 15 is 0 Å². The Balaban J connectivity index is 2.65. The summed E-state index contributed by atoms with van der Waals surface area (Å²) in [6, 6.07) is 7.27. The van der Waals surface area contributed by atoms with Crippen molar-refractivity contribution < 1.29 is 9.59 Å². The Morgan fingerprint density at radius 3 is 2.50 bits per heavy atom. The molecule has 0 saturated heterocycles. The zero-order chi connectivity index (χ0) is 15.1. The lowest BCUT2D eigenvalue weighted by Crippen LogP contribution is -2.41. The van der Waals surface area contributed by atoms with Gasteiger partial charge in [0.1, 0.15) is 0 Å². The van der Waals surface area contributed by atoms with Gasteiger partial charge in [-0.1, -0.05) is 19.1 Å². The summed E-state index contributed by atoms with van der Waals surface area (Å²) < 4.78 is 0. The minimum absolute atomic E-state index is 0.114. The van der Waals surface area contributed by atoms with Crippen LogP contribution in [0.3, 0.4) is 0 Å². The molecule has 2 unspecified atom stereocenters. The number of carbonyl (C=O) groups excluding carboxylic acids is 2. The third-order valence-corrected chi connectivity index (χ3v) is 3.04. The van der Waals surface area contributed by atoms with Gasteiger partial charge in [0.15, 0.2) is 0 Å². The van der Waals surface area contributed by atoms with Crippen LogP contribution in [0, 0.1) is 0 Å². The molecule has 0 bridgehead atoms. The molecule has 5 nitrogen and oxygen atoms in total. The molecule has 0 aliphatic carbocycles. The van der Waals surface area contributed by atoms with E-state index in [0.29, 0.717) is 0 Å². The van der Waals surface area contributed by atoms with E-state index in [1.54, 1.807) is 0 Å². The largest absolute Gasteiger partial charge is 0.336 e. The van der Waals surface area contributed by atoms with Crippen molar-refractivity contribution in [1.82, 2.24) is 10.6 Å². The highest BCUT2D eigenvalue weighted by Gasteiger charge is 2.11. The van der Waals surface area contributed by atoms with Gasteiger partial charge in [-0.15, -0.1) is 0 Å². The second-order valence-corrected chi connectivity index (χ2v) is 4.96. The fourth-order valence-corrected chi connectivity index (χ4v) is 1.74. The molecule has 0 radical (unpaired) electrons. The number of rotatable bonds is 5. The number of amides is 3. The number of nitrogens with one attached hydrogen (secondary N) is 3. The van der Waals surface area contributed by atoms with Gasteiger partial charge in [-0.25, -0.2) is 4.79 Å². The number of hydrogen-bond donors (Lipinski definition) is 3. The van der Waals surface area contributed by atoms with Gasteiger partial charge in [-0.05, 0) is 38.0 Å². The first-order valence-corrected chi connectivity index (χ1v) is 6.87. The number of urea groups is 1. The number of hydrogen-bond acceptors (Lipinski definition) is 2. The Labute approximate surface area is 120 Å². The summed E-state index contributed by atoms with van der Waals surface area (Å²) in [7, 11) is 0. The smallest absolute Gasteiger partial charge is 0.315 e. The number of anilines is 1. The van der Waals surface area contributed by atoms with Crippen LogP contribution in [0.4, 0.5) is 10.5 Å². The van der Waals surface area contributed by atoms with Crippen LogP contribution in [0.25, 0.3) is 0 Å². The summed E-state index contributed by atoms with van der Waals surface area (Å²) in [4.78, 5) is 22.8. The van der Waals surface area contributed by atoms with Gasteiger partial charge in [0.05, 0.1) is 6.04 Å². The molecular weight excluding hydrogens is 254 g/mol. The molecule has 3 N–H and O–H groups in total. The molecule has 1 rings (SSSR count). The Morgan fingerprint density at radius 1 is 1.20 bits per heavy atom. The third-order valence-electron chi connectivity index (χ3n) is 3.04. The summed E-state index contributed by atoms with van der Waals surface area (Å²) in [5.41, 5.74) is 1.67. The molecule has 3 amide bonds. The lowest BCUT2D eigenvalue weighted by molar-refractivity contribution is -0.114. The number of carbonyl (C=O) groups is 2. The minimum atomic E-state index is -0.184. The van der Waals surface area contributed by atoms with E-state index in [4.69, 9.17) is 0 Å². The van der Waals surface area contributed by atoms with Crippen LogP contribution in [-0.2, 0) is 4.79 Å². The van der Waals surface area contributed by atoms with Crippen molar-refractivity contribution in [3.63, 3.8) is 0 Å². The second-order valence-electron chi connectivity index (χ2n) is 4.96. The van der Waals surface area contributed by atoms with Crippen LogP contribution in [0.1, 0.15) is 45.7 Å². The quantitative estimate of drug-likeness (QED) is 0.774. The van der Waals surface area contributed by atoms with Crippen molar-refractivity contribution >= 4 is 17.6 Å². The van der Waals surface area contributed by atoms with E-state index in [1.165, 1.54) is 6.92 Å². The normalized spacial score (nSPS) is 13.2. The van der Waals surface area contributed by atoms with E-state index in [1.807, 2.05) is 45.0 Å². The molecule has 1 aromatic rings. The van der Waals surface area contributed by atoms with Gasteiger partial charge in [0, 0.05) is 18.7 Å². The minimum Gasteiger partial charge on any atom is -0.336 e. The summed E-state index contributed by atoms with van der Waals surface area (Å²) in [5.74, 6) is -0.114. The average Bonchev–Trinajstić information content (AvgIpc) is 2.37. The molecule has 0 fully saturated rings. The molecule has 1 aromatic carbocycles. The first kappa shape index (κ1) is 16.0. The van der Waals surface area contributed by atoms with Crippen LogP contribution in [-0.4, -0.2) is 18.0 Å². The fraction of sp³-hybridized carbons (Fsp3) is 0.467. The van der Waals surface area contributed by atoms with Crippen molar-refractivity contribution in [2.24, 2.45) is 0 Å². The summed E-state index contributed by atoms with van der Waals surface area (Å²) >= 11 is 0. The molecule has 0 aliphatic heterocycles. The average molecular weight is 277 g/mol. The van der Waals surface area contributed by atoms with Gasteiger partial charge in [-0.3, -0.25) is 4.79 Å². The molecule has 0 heterocycles. The predicted octanol–water partition coefficient (Wildman–Crippen LogP) is 2.80. The van der Waals surface area contributed by atoms with Gasteiger partial charge >= 0.3 is 6.03 Å². The Kier molecular flexibility index (Phi) is 6.03. The van der Waals surface area contributed by atoms with Crippen LogP contribution >= 0.6 is 0 Å². The van der Waals surface area contributed by atoms with Gasteiger partial charge in [0.2, 0.25) is 5.91 Å².